The maximum absolute atomic E-state index is 13.0. The normalized spacial score (nSPS) is 14.9. The van der Waals surface area contributed by atoms with Crippen LogP contribution in [0.15, 0.2) is 58.5 Å². The number of para-hydroxylation sites is 2. The number of hydrogen-bond donors (Lipinski definition) is 3. The fourth-order valence-corrected chi connectivity index (χ4v) is 4.26. The molecule has 164 valence electrons. The van der Waals surface area contributed by atoms with Gasteiger partial charge in [-0.15, -0.1) is 0 Å². The fourth-order valence-electron chi connectivity index (χ4n) is 3.45. The molecule has 0 aliphatic carbocycles. The molecule has 0 fully saturated rings. The number of benzene rings is 2. The number of nitrogens with one attached hydrogen (secondary N) is 3. The number of thioether (sulfide) groups is 1. The number of ether oxygens (including phenoxy) is 1. The number of nitrogens with zero attached hydrogens (tertiary/aromatic N) is 1. The third-order valence-electron chi connectivity index (χ3n) is 5.11. The van der Waals surface area contributed by atoms with Gasteiger partial charge >= 0.3 is 0 Å². The number of aromatic amines is 1. The number of carbonyl (C=O) groups is 2. The fraction of sp³-hybridized carbons (Fsp3) is 0.217. The van der Waals surface area contributed by atoms with Crippen molar-refractivity contribution in [2.45, 2.75) is 30.2 Å². The second-order valence-corrected chi connectivity index (χ2v) is 8.37. The summed E-state index contributed by atoms with van der Waals surface area (Å²) in [7, 11) is 1.50. The van der Waals surface area contributed by atoms with Crippen molar-refractivity contribution in [2.75, 3.05) is 17.7 Å². The molecule has 0 saturated heterocycles. The van der Waals surface area contributed by atoms with Crippen LogP contribution in [0.2, 0.25) is 0 Å². The van der Waals surface area contributed by atoms with Crippen molar-refractivity contribution in [1.29, 1.82) is 0 Å². The van der Waals surface area contributed by atoms with Crippen LogP contribution in [0.5, 0.6) is 5.75 Å². The van der Waals surface area contributed by atoms with Crippen molar-refractivity contribution in [3.63, 3.8) is 0 Å². The number of hydrogen-bond acceptors (Lipinski definition) is 6. The molecule has 0 spiro atoms. The minimum absolute atomic E-state index is 0.122. The van der Waals surface area contributed by atoms with Crippen molar-refractivity contribution in [3.8, 4) is 5.75 Å². The smallest absolute Gasteiger partial charge is 0.257 e. The van der Waals surface area contributed by atoms with Crippen molar-refractivity contribution >= 4 is 35.1 Å². The van der Waals surface area contributed by atoms with Crippen molar-refractivity contribution < 1.29 is 14.3 Å². The number of aryl methyl sites for hydroxylation is 1. The van der Waals surface area contributed by atoms with E-state index in [2.05, 4.69) is 20.6 Å². The van der Waals surface area contributed by atoms with Crippen molar-refractivity contribution in [1.82, 2.24) is 9.97 Å². The molecular weight excluding hydrogens is 428 g/mol. The molecule has 9 heteroatoms. The molecule has 0 radical (unpaired) electrons. The Morgan fingerprint density at radius 2 is 1.94 bits per heavy atom. The third kappa shape index (κ3) is 4.67. The van der Waals surface area contributed by atoms with Gasteiger partial charge in [-0.3, -0.25) is 14.4 Å². The van der Waals surface area contributed by atoms with Gasteiger partial charge in [-0.25, -0.2) is 4.98 Å². The van der Waals surface area contributed by atoms with Gasteiger partial charge in [0.2, 0.25) is 11.8 Å². The van der Waals surface area contributed by atoms with E-state index in [0.29, 0.717) is 22.3 Å². The quantitative estimate of drug-likeness (QED) is 0.392. The van der Waals surface area contributed by atoms with Crippen LogP contribution in [0, 0.1) is 6.92 Å². The molecule has 2 heterocycles. The van der Waals surface area contributed by atoms with Crippen LogP contribution in [0.1, 0.15) is 29.0 Å². The zero-order valence-corrected chi connectivity index (χ0v) is 18.4. The number of H-pyrrole nitrogens is 1. The largest absolute Gasteiger partial charge is 0.495 e. The van der Waals surface area contributed by atoms with Gasteiger partial charge < -0.3 is 20.4 Å². The Hall–Kier alpha value is -3.59. The van der Waals surface area contributed by atoms with E-state index >= 15 is 0 Å². The number of methoxy groups -OCH3 is 1. The molecule has 3 N–H and O–H groups in total. The van der Waals surface area contributed by atoms with Gasteiger partial charge in [0.15, 0.2) is 5.16 Å². The van der Waals surface area contributed by atoms with Gasteiger partial charge in [-0.2, -0.15) is 0 Å². The second-order valence-electron chi connectivity index (χ2n) is 7.40. The Morgan fingerprint density at radius 1 is 1.19 bits per heavy atom. The standard InChI is InChI=1S/C23H22N4O4S/c1-13-7-9-14(10-8-13)12-32-23-26-20-19(22(30)27-23)15(11-18(28)25-20)21(29)24-16-5-3-4-6-17(16)31-2/h3-10,15H,11-12H2,1-2H3,(H,24,29)(H2,25,26,27,28,30)/t15-/m1/s1. The summed E-state index contributed by atoms with van der Waals surface area (Å²) in [5, 5.41) is 5.76. The molecule has 0 saturated carbocycles. The molecule has 2 aromatic carbocycles. The van der Waals surface area contributed by atoms with Gasteiger partial charge in [0.25, 0.3) is 5.56 Å². The summed E-state index contributed by atoms with van der Waals surface area (Å²) in [5.74, 6) is -0.597. The lowest BCUT2D eigenvalue weighted by Gasteiger charge is -2.23. The third-order valence-corrected chi connectivity index (χ3v) is 6.05. The molecule has 1 aliphatic rings. The lowest BCUT2D eigenvalue weighted by atomic mass is 9.92. The molecule has 2 amide bonds. The van der Waals surface area contributed by atoms with Gasteiger partial charge in [-0.1, -0.05) is 53.7 Å². The summed E-state index contributed by atoms with van der Waals surface area (Å²) in [4.78, 5) is 45.3. The molecular formula is C23H22N4O4S. The van der Waals surface area contributed by atoms with Crippen LogP contribution in [-0.4, -0.2) is 28.9 Å². The Morgan fingerprint density at radius 3 is 2.69 bits per heavy atom. The lowest BCUT2D eigenvalue weighted by Crippen LogP contribution is -2.36. The Labute approximate surface area is 188 Å². The topological polar surface area (TPSA) is 113 Å². The molecule has 0 unspecified atom stereocenters. The van der Waals surface area contributed by atoms with Crippen molar-refractivity contribution in [2.24, 2.45) is 0 Å². The number of rotatable bonds is 6. The zero-order chi connectivity index (χ0) is 22.7. The average molecular weight is 451 g/mol. The van der Waals surface area contributed by atoms with E-state index in [4.69, 9.17) is 4.74 Å². The predicted molar refractivity (Wildman–Crippen MR) is 123 cm³/mol. The van der Waals surface area contributed by atoms with E-state index in [1.165, 1.54) is 24.4 Å². The maximum atomic E-state index is 13.0. The van der Waals surface area contributed by atoms with Crippen LogP contribution < -0.4 is 20.9 Å². The SMILES string of the molecule is COc1ccccc1NC(=O)[C@@H]1CC(=O)Nc2nc(SCc3ccc(C)cc3)[nH]c(=O)c21. The Balaban J connectivity index is 1.57. The molecule has 4 rings (SSSR count). The highest BCUT2D eigenvalue weighted by Gasteiger charge is 2.35. The minimum Gasteiger partial charge on any atom is -0.495 e. The number of anilines is 2. The second kappa shape index (κ2) is 9.27. The van der Waals surface area contributed by atoms with Crippen molar-refractivity contribution in [3.05, 3.63) is 75.6 Å². The summed E-state index contributed by atoms with van der Waals surface area (Å²) in [6.07, 6.45) is -0.144. The summed E-state index contributed by atoms with van der Waals surface area (Å²) in [6, 6.07) is 15.0. The first-order valence-electron chi connectivity index (χ1n) is 10.0. The highest BCUT2D eigenvalue weighted by atomic mass is 32.2. The summed E-state index contributed by atoms with van der Waals surface area (Å²) in [6.45, 7) is 2.02. The van der Waals surface area contributed by atoms with Gasteiger partial charge in [0.05, 0.1) is 24.3 Å². The maximum Gasteiger partial charge on any atom is 0.257 e. The summed E-state index contributed by atoms with van der Waals surface area (Å²) in [5.41, 5.74) is 2.42. The Bertz CT molecular complexity index is 1220. The molecule has 32 heavy (non-hydrogen) atoms. The first kappa shape index (κ1) is 21.6. The summed E-state index contributed by atoms with van der Waals surface area (Å²) < 4.78 is 5.26. The molecule has 3 aromatic rings. The van der Waals surface area contributed by atoms with Gasteiger partial charge in [0, 0.05) is 12.2 Å². The van der Waals surface area contributed by atoms with E-state index in [-0.39, 0.29) is 23.7 Å². The zero-order valence-electron chi connectivity index (χ0n) is 17.6. The Kier molecular flexibility index (Phi) is 6.27. The molecule has 1 aromatic heterocycles. The van der Waals surface area contributed by atoms with Crippen LogP contribution in [0.25, 0.3) is 0 Å². The van der Waals surface area contributed by atoms with Crippen LogP contribution >= 0.6 is 11.8 Å². The lowest BCUT2D eigenvalue weighted by molar-refractivity contribution is -0.123. The molecule has 8 nitrogen and oxygen atoms in total. The molecule has 1 atom stereocenters. The van der Waals surface area contributed by atoms with E-state index < -0.39 is 17.4 Å². The van der Waals surface area contributed by atoms with E-state index in [9.17, 15) is 14.4 Å². The number of amides is 2. The average Bonchev–Trinajstić information content (AvgIpc) is 2.78. The van der Waals surface area contributed by atoms with E-state index in [1.807, 2.05) is 31.2 Å². The minimum atomic E-state index is -0.962. The first-order chi connectivity index (χ1) is 15.4. The van der Waals surface area contributed by atoms with Crippen LogP contribution in [-0.2, 0) is 15.3 Å². The van der Waals surface area contributed by atoms with E-state index in [0.717, 1.165) is 5.56 Å². The monoisotopic (exact) mass is 450 g/mol. The molecule has 0 bridgehead atoms. The predicted octanol–water partition coefficient (Wildman–Crippen LogP) is 3.44. The summed E-state index contributed by atoms with van der Waals surface area (Å²) >= 11 is 1.35. The number of carbonyl (C=O) groups excluding carboxylic acids is 2. The van der Waals surface area contributed by atoms with Crippen LogP contribution in [0.4, 0.5) is 11.5 Å². The highest BCUT2D eigenvalue weighted by Crippen LogP contribution is 2.32. The number of fused-ring (bicyclic) bond motifs is 1. The van der Waals surface area contributed by atoms with Gasteiger partial charge in [0.1, 0.15) is 11.6 Å². The first-order valence-corrected chi connectivity index (χ1v) is 11.0. The highest BCUT2D eigenvalue weighted by molar-refractivity contribution is 7.98. The van der Waals surface area contributed by atoms with Gasteiger partial charge in [-0.05, 0) is 24.6 Å². The molecule has 1 aliphatic heterocycles. The van der Waals surface area contributed by atoms with E-state index in [1.54, 1.807) is 24.3 Å². The number of aromatic nitrogens is 2. The van der Waals surface area contributed by atoms with Crippen LogP contribution in [0.3, 0.4) is 0 Å².